The lowest BCUT2D eigenvalue weighted by molar-refractivity contribution is 0.0217. The normalized spacial score (nSPS) is 11.7. The number of hydrogen-bond donors (Lipinski definition) is 0. The minimum absolute atomic E-state index is 0.187. The maximum Gasteiger partial charge on any atom is 0.410 e. The van der Waals surface area contributed by atoms with E-state index in [1.165, 1.54) is 11.3 Å². The number of aromatic nitrogens is 6. The van der Waals surface area contributed by atoms with Gasteiger partial charge in [0.2, 0.25) is 0 Å². The van der Waals surface area contributed by atoms with Gasteiger partial charge >= 0.3 is 6.09 Å². The molecular formula is C31H36ClN7O4S. The number of carbonyl (C=O) groups excluding carboxylic acids is 1. The summed E-state index contributed by atoms with van der Waals surface area (Å²) in [6.07, 6.45) is 1.28. The standard InChI is InChI=1S/C31H36ClN7O4S/c1-9-39-23(12-18(2)36-39)29-35-28(27-21-15-33-37(6)22(21)14-26(32)34-27)25(44-29)17-38(30(40)43-31(3,4)5)16-19-10-11-20(41-7)13-24(19)42-8/h10-15H,9,16-17H2,1-8H3. The van der Waals surface area contributed by atoms with Crippen LogP contribution in [0.3, 0.4) is 0 Å². The molecule has 0 fully saturated rings. The molecule has 0 saturated heterocycles. The van der Waals surface area contributed by atoms with Crippen molar-refractivity contribution in [1.82, 2.24) is 34.4 Å². The van der Waals surface area contributed by atoms with Crippen molar-refractivity contribution >= 4 is 39.9 Å². The van der Waals surface area contributed by atoms with Gasteiger partial charge in [0, 0.05) is 36.7 Å². The van der Waals surface area contributed by atoms with E-state index in [-0.39, 0.29) is 13.1 Å². The fraction of sp³-hybridized carbons (Fsp3) is 0.387. The lowest BCUT2D eigenvalue weighted by Gasteiger charge is -2.28. The largest absolute Gasteiger partial charge is 0.497 e. The van der Waals surface area contributed by atoms with Crippen molar-refractivity contribution in [3.8, 4) is 33.6 Å². The van der Waals surface area contributed by atoms with Gasteiger partial charge in [-0.1, -0.05) is 11.6 Å². The van der Waals surface area contributed by atoms with Crippen LogP contribution in [0.15, 0.2) is 36.5 Å². The van der Waals surface area contributed by atoms with Crippen LogP contribution in [0.5, 0.6) is 11.5 Å². The molecule has 1 aromatic carbocycles. The molecule has 0 spiro atoms. The van der Waals surface area contributed by atoms with Crippen molar-refractivity contribution in [3.05, 3.63) is 57.8 Å². The van der Waals surface area contributed by atoms with Crippen LogP contribution in [-0.2, 0) is 31.4 Å². The number of halogens is 1. The van der Waals surface area contributed by atoms with Crippen molar-refractivity contribution in [2.24, 2.45) is 7.05 Å². The first kappa shape index (κ1) is 31.3. The Morgan fingerprint density at radius 1 is 1.07 bits per heavy atom. The molecule has 0 radical (unpaired) electrons. The Hall–Kier alpha value is -4.16. The van der Waals surface area contributed by atoms with Crippen LogP contribution < -0.4 is 9.47 Å². The van der Waals surface area contributed by atoms with Gasteiger partial charge in [0.05, 0.1) is 55.3 Å². The monoisotopic (exact) mass is 637 g/mol. The minimum atomic E-state index is -0.706. The van der Waals surface area contributed by atoms with Gasteiger partial charge in [-0.25, -0.2) is 14.8 Å². The first-order chi connectivity index (χ1) is 20.9. The molecule has 5 aromatic rings. The molecule has 0 unspecified atom stereocenters. The molecule has 0 aliphatic rings. The summed E-state index contributed by atoms with van der Waals surface area (Å²) >= 11 is 8.00. The second kappa shape index (κ2) is 12.4. The smallest absolute Gasteiger partial charge is 0.410 e. The third-order valence-electron chi connectivity index (χ3n) is 6.90. The van der Waals surface area contributed by atoms with E-state index in [0.717, 1.165) is 37.7 Å². The summed E-state index contributed by atoms with van der Waals surface area (Å²) in [5, 5.41) is 10.9. The summed E-state index contributed by atoms with van der Waals surface area (Å²) in [6, 6.07) is 9.30. The van der Waals surface area contributed by atoms with Gasteiger partial charge in [-0.05, 0) is 52.8 Å². The highest BCUT2D eigenvalue weighted by Crippen LogP contribution is 2.38. The minimum Gasteiger partial charge on any atom is -0.497 e. The number of amides is 1. The SMILES string of the molecule is CCn1nc(C)cc1-c1nc(-c2nc(Cl)cc3c2cnn3C)c(CN(Cc2ccc(OC)cc2OC)C(=O)OC(C)(C)C)s1. The third kappa shape index (κ3) is 6.51. The maximum atomic E-state index is 13.7. The molecule has 0 atom stereocenters. The van der Waals surface area contributed by atoms with Crippen LogP contribution in [0.2, 0.25) is 5.15 Å². The van der Waals surface area contributed by atoms with E-state index in [9.17, 15) is 4.79 Å². The van der Waals surface area contributed by atoms with Gasteiger partial charge < -0.3 is 14.2 Å². The topological polar surface area (TPSA) is 109 Å². The van der Waals surface area contributed by atoms with E-state index in [1.54, 1.807) is 42.1 Å². The Morgan fingerprint density at radius 3 is 2.52 bits per heavy atom. The summed E-state index contributed by atoms with van der Waals surface area (Å²) in [4.78, 5) is 26.0. The number of rotatable bonds is 9. The molecule has 4 aromatic heterocycles. The molecule has 1 amide bonds. The molecule has 11 nitrogen and oxygen atoms in total. The quantitative estimate of drug-likeness (QED) is 0.161. The first-order valence-electron chi connectivity index (χ1n) is 14.1. The Balaban J connectivity index is 1.66. The lowest BCUT2D eigenvalue weighted by Crippen LogP contribution is -2.36. The van der Waals surface area contributed by atoms with Gasteiger partial charge in [0.25, 0.3) is 0 Å². The van der Waals surface area contributed by atoms with Crippen LogP contribution in [0.4, 0.5) is 4.79 Å². The lowest BCUT2D eigenvalue weighted by atomic mass is 10.1. The molecule has 232 valence electrons. The second-order valence-electron chi connectivity index (χ2n) is 11.3. The van der Waals surface area contributed by atoms with E-state index in [4.69, 9.17) is 35.8 Å². The van der Waals surface area contributed by atoms with Crippen LogP contribution >= 0.6 is 22.9 Å². The van der Waals surface area contributed by atoms with E-state index < -0.39 is 11.7 Å². The number of nitrogens with zero attached hydrogens (tertiary/aromatic N) is 7. The van der Waals surface area contributed by atoms with Gasteiger partial charge in [-0.2, -0.15) is 10.2 Å². The second-order valence-corrected chi connectivity index (χ2v) is 12.8. The van der Waals surface area contributed by atoms with E-state index in [1.807, 2.05) is 64.5 Å². The molecule has 0 bridgehead atoms. The highest BCUT2D eigenvalue weighted by molar-refractivity contribution is 7.15. The van der Waals surface area contributed by atoms with Crippen molar-refractivity contribution in [1.29, 1.82) is 0 Å². The Bertz CT molecular complexity index is 1820. The first-order valence-corrected chi connectivity index (χ1v) is 15.3. The van der Waals surface area contributed by atoms with Crippen molar-refractivity contribution in [2.45, 2.75) is 59.9 Å². The van der Waals surface area contributed by atoms with Crippen molar-refractivity contribution in [3.63, 3.8) is 0 Å². The van der Waals surface area contributed by atoms with Crippen LogP contribution in [0, 0.1) is 6.92 Å². The number of hydrogen-bond acceptors (Lipinski definition) is 9. The fourth-order valence-electron chi connectivity index (χ4n) is 4.88. The molecule has 0 aliphatic carbocycles. The zero-order chi connectivity index (χ0) is 31.8. The number of carbonyl (C=O) groups is 1. The zero-order valence-corrected chi connectivity index (χ0v) is 27.7. The van der Waals surface area contributed by atoms with Crippen LogP contribution in [0.25, 0.3) is 33.0 Å². The van der Waals surface area contributed by atoms with Gasteiger partial charge in [-0.15, -0.1) is 11.3 Å². The Kier molecular flexibility index (Phi) is 8.85. The summed E-state index contributed by atoms with van der Waals surface area (Å²) in [6.45, 7) is 10.6. The van der Waals surface area contributed by atoms with E-state index >= 15 is 0 Å². The van der Waals surface area contributed by atoms with Gasteiger partial charge in [-0.3, -0.25) is 14.3 Å². The number of methoxy groups -OCH3 is 2. The molecule has 4 heterocycles. The molecule has 13 heteroatoms. The average Bonchev–Trinajstić information content (AvgIpc) is 3.67. The summed E-state index contributed by atoms with van der Waals surface area (Å²) in [7, 11) is 5.04. The number of benzene rings is 1. The van der Waals surface area contributed by atoms with Crippen LogP contribution in [0.1, 0.15) is 43.8 Å². The highest BCUT2D eigenvalue weighted by atomic mass is 35.5. The summed E-state index contributed by atoms with van der Waals surface area (Å²) in [5.41, 5.74) is 3.88. The number of aryl methyl sites for hydroxylation is 3. The Morgan fingerprint density at radius 2 is 1.84 bits per heavy atom. The molecule has 0 aliphatic heterocycles. The average molecular weight is 638 g/mol. The number of pyridine rings is 1. The summed E-state index contributed by atoms with van der Waals surface area (Å²) < 4.78 is 20.6. The van der Waals surface area contributed by atoms with Gasteiger partial charge in [0.15, 0.2) is 0 Å². The van der Waals surface area contributed by atoms with Crippen molar-refractivity contribution in [2.75, 3.05) is 14.2 Å². The van der Waals surface area contributed by atoms with Crippen LogP contribution in [-0.4, -0.2) is 60.3 Å². The Labute approximate surface area is 265 Å². The maximum absolute atomic E-state index is 13.7. The van der Waals surface area contributed by atoms with Crippen molar-refractivity contribution < 1.29 is 19.0 Å². The summed E-state index contributed by atoms with van der Waals surface area (Å²) in [5.74, 6) is 1.25. The molecule has 44 heavy (non-hydrogen) atoms. The molecule has 5 rings (SSSR count). The zero-order valence-electron chi connectivity index (χ0n) is 26.1. The fourth-order valence-corrected chi connectivity index (χ4v) is 6.16. The predicted octanol–water partition coefficient (Wildman–Crippen LogP) is 6.89. The molecule has 0 saturated carbocycles. The number of fused-ring (bicyclic) bond motifs is 1. The number of ether oxygens (including phenoxy) is 3. The highest BCUT2D eigenvalue weighted by Gasteiger charge is 2.28. The molecule has 0 N–H and O–H groups in total. The molecular weight excluding hydrogens is 602 g/mol. The number of thiazole rings is 1. The van der Waals surface area contributed by atoms with E-state index in [0.29, 0.717) is 34.6 Å². The third-order valence-corrected chi connectivity index (χ3v) is 8.15. The van der Waals surface area contributed by atoms with Gasteiger partial charge in [0.1, 0.15) is 38.6 Å². The predicted molar refractivity (Wildman–Crippen MR) is 171 cm³/mol. The van der Waals surface area contributed by atoms with E-state index in [2.05, 4.69) is 10.2 Å².